The Morgan fingerprint density at radius 3 is 2.83 bits per heavy atom. The van der Waals surface area contributed by atoms with E-state index in [0.717, 1.165) is 0 Å². The first kappa shape index (κ1) is 12.1. The maximum Gasteiger partial charge on any atom is 0.263 e. The van der Waals surface area contributed by atoms with Crippen molar-refractivity contribution in [2.45, 2.75) is 0 Å². The maximum absolute atomic E-state index is 13.6. The number of benzene rings is 1. The van der Waals surface area contributed by atoms with Crippen LogP contribution >= 0.6 is 0 Å². The highest BCUT2D eigenvalue weighted by molar-refractivity contribution is 6.05. The standard InChI is InChI=1S/C12H12FN3O2/c1-16-7-6-10(15-16)14-12(17)11-8(13)4-3-5-9(11)18-2/h3-7H,1-2H3,(H,14,15,17). The molecule has 0 atom stereocenters. The molecule has 0 aliphatic carbocycles. The van der Waals surface area contributed by atoms with Crippen LogP contribution in [0.5, 0.6) is 5.75 Å². The van der Waals surface area contributed by atoms with Gasteiger partial charge in [-0.2, -0.15) is 5.10 Å². The summed E-state index contributed by atoms with van der Waals surface area (Å²) in [6, 6.07) is 5.82. The third-order valence-corrected chi connectivity index (χ3v) is 2.38. The Morgan fingerprint density at radius 2 is 2.22 bits per heavy atom. The summed E-state index contributed by atoms with van der Waals surface area (Å²) in [7, 11) is 3.10. The van der Waals surface area contributed by atoms with Crippen molar-refractivity contribution in [3.05, 3.63) is 41.8 Å². The van der Waals surface area contributed by atoms with E-state index < -0.39 is 11.7 Å². The molecule has 0 fully saturated rings. The Kier molecular flexibility index (Phi) is 3.27. The van der Waals surface area contributed by atoms with Crippen molar-refractivity contribution in [2.75, 3.05) is 12.4 Å². The minimum Gasteiger partial charge on any atom is -0.496 e. The van der Waals surface area contributed by atoms with Gasteiger partial charge in [0, 0.05) is 19.3 Å². The van der Waals surface area contributed by atoms with Gasteiger partial charge in [-0.05, 0) is 12.1 Å². The van der Waals surface area contributed by atoms with Crippen molar-refractivity contribution in [3.8, 4) is 5.75 Å². The van der Waals surface area contributed by atoms with Crippen LogP contribution < -0.4 is 10.1 Å². The zero-order valence-electron chi connectivity index (χ0n) is 9.98. The van der Waals surface area contributed by atoms with E-state index in [1.165, 1.54) is 30.0 Å². The molecule has 0 aliphatic rings. The van der Waals surface area contributed by atoms with E-state index in [-0.39, 0.29) is 11.3 Å². The van der Waals surface area contributed by atoms with Gasteiger partial charge < -0.3 is 10.1 Å². The van der Waals surface area contributed by atoms with Crippen LogP contribution in [0, 0.1) is 5.82 Å². The molecule has 0 radical (unpaired) electrons. The van der Waals surface area contributed by atoms with E-state index in [2.05, 4.69) is 10.4 Å². The van der Waals surface area contributed by atoms with Gasteiger partial charge in [-0.3, -0.25) is 9.48 Å². The molecular formula is C12H12FN3O2. The first-order valence-corrected chi connectivity index (χ1v) is 5.25. The molecule has 0 aliphatic heterocycles. The molecule has 0 saturated carbocycles. The van der Waals surface area contributed by atoms with Gasteiger partial charge in [-0.25, -0.2) is 4.39 Å². The molecule has 0 bridgehead atoms. The summed E-state index contributed by atoms with van der Waals surface area (Å²) < 4.78 is 20.1. The maximum atomic E-state index is 13.6. The minimum atomic E-state index is -0.636. The SMILES string of the molecule is COc1cccc(F)c1C(=O)Nc1ccn(C)n1. The highest BCUT2D eigenvalue weighted by Crippen LogP contribution is 2.22. The van der Waals surface area contributed by atoms with Crippen molar-refractivity contribution in [3.63, 3.8) is 0 Å². The number of anilines is 1. The number of aromatic nitrogens is 2. The van der Waals surface area contributed by atoms with Gasteiger partial charge in [0.15, 0.2) is 5.82 Å². The number of nitrogens with one attached hydrogen (secondary N) is 1. The van der Waals surface area contributed by atoms with Crippen molar-refractivity contribution >= 4 is 11.7 Å². The third kappa shape index (κ3) is 2.32. The average Bonchev–Trinajstić information content (AvgIpc) is 2.74. The van der Waals surface area contributed by atoms with Gasteiger partial charge in [0.2, 0.25) is 0 Å². The Labute approximate surface area is 103 Å². The van der Waals surface area contributed by atoms with Crippen LogP contribution in [0.15, 0.2) is 30.5 Å². The number of hydrogen-bond acceptors (Lipinski definition) is 3. The number of ether oxygens (including phenoxy) is 1. The minimum absolute atomic E-state index is 0.134. The number of aryl methyl sites for hydroxylation is 1. The second kappa shape index (κ2) is 4.87. The molecule has 0 saturated heterocycles. The van der Waals surface area contributed by atoms with E-state index in [4.69, 9.17) is 4.74 Å². The lowest BCUT2D eigenvalue weighted by Crippen LogP contribution is -2.15. The molecule has 94 valence electrons. The van der Waals surface area contributed by atoms with E-state index in [0.29, 0.717) is 5.82 Å². The fourth-order valence-electron chi connectivity index (χ4n) is 1.56. The number of rotatable bonds is 3. The normalized spacial score (nSPS) is 10.2. The molecule has 5 nitrogen and oxygen atoms in total. The summed E-state index contributed by atoms with van der Waals surface area (Å²) in [4.78, 5) is 11.9. The van der Waals surface area contributed by atoms with Crippen LogP contribution in [-0.2, 0) is 7.05 Å². The van der Waals surface area contributed by atoms with Gasteiger partial charge in [0.25, 0.3) is 5.91 Å². The summed E-state index contributed by atoms with van der Waals surface area (Å²) in [5.74, 6) is -0.692. The van der Waals surface area contributed by atoms with Gasteiger partial charge in [0.05, 0.1) is 7.11 Å². The molecule has 1 heterocycles. The lowest BCUT2D eigenvalue weighted by Gasteiger charge is -2.08. The van der Waals surface area contributed by atoms with E-state index in [1.807, 2.05) is 0 Å². The Hall–Kier alpha value is -2.37. The summed E-state index contributed by atoms with van der Waals surface area (Å²) in [5.41, 5.74) is -0.134. The van der Waals surface area contributed by atoms with Crippen molar-refractivity contribution < 1.29 is 13.9 Å². The predicted molar refractivity (Wildman–Crippen MR) is 64.1 cm³/mol. The second-order valence-electron chi connectivity index (χ2n) is 3.65. The quantitative estimate of drug-likeness (QED) is 0.902. The molecule has 2 rings (SSSR count). The highest BCUT2D eigenvalue weighted by Gasteiger charge is 2.18. The van der Waals surface area contributed by atoms with E-state index in [1.54, 1.807) is 19.3 Å². The van der Waals surface area contributed by atoms with Gasteiger partial charge >= 0.3 is 0 Å². The smallest absolute Gasteiger partial charge is 0.263 e. The number of methoxy groups -OCH3 is 1. The van der Waals surface area contributed by atoms with Crippen LogP contribution in [0.2, 0.25) is 0 Å². The van der Waals surface area contributed by atoms with Gasteiger partial charge in [0.1, 0.15) is 17.1 Å². The number of amides is 1. The summed E-state index contributed by atoms with van der Waals surface area (Å²) in [6.45, 7) is 0. The Morgan fingerprint density at radius 1 is 1.44 bits per heavy atom. The molecule has 6 heteroatoms. The molecule has 2 aromatic rings. The number of nitrogens with zero attached hydrogens (tertiary/aromatic N) is 2. The largest absolute Gasteiger partial charge is 0.496 e. The van der Waals surface area contributed by atoms with E-state index in [9.17, 15) is 9.18 Å². The predicted octanol–water partition coefficient (Wildman–Crippen LogP) is 1.82. The second-order valence-corrected chi connectivity index (χ2v) is 3.65. The van der Waals surface area contributed by atoms with Crippen LogP contribution in [0.1, 0.15) is 10.4 Å². The molecule has 1 amide bonds. The number of carbonyl (C=O) groups excluding carboxylic acids is 1. The van der Waals surface area contributed by atoms with Crippen molar-refractivity contribution in [1.82, 2.24) is 9.78 Å². The van der Waals surface area contributed by atoms with Gasteiger partial charge in [-0.1, -0.05) is 6.07 Å². The average molecular weight is 249 g/mol. The molecular weight excluding hydrogens is 237 g/mol. The fourth-order valence-corrected chi connectivity index (χ4v) is 1.56. The number of carbonyl (C=O) groups is 1. The summed E-state index contributed by atoms with van der Waals surface area (Å²) >= 11 is 0. The van der Waals surface area contributed by atoms with Crippen molar-refractivity contribution in [2.24, 2.45) is 7.05 Å². The third-order valence-electron chi connectivity index (χ3n) is 2.38. The lowest BCUT2D eigenvalue weighted by atomic mass is 10.1. The van der Waals surface area contributed by atoms with Crippen LogP contribution in [0.25, 0.3) is 0 Å². The summed E-state index contributed by atoms with van der Waals surface area (Å²) in [5, 5.41) is 6.49. The van der Waals surface area contributed by atoms with Crippen LogP contribution in [0.4, 0.5) is 10.2 Å². The summed E-state index contributed by atoms with van der Waals surface area (Å²) in [6.07, 6.45) is 1.67. The molecule has 18 heavy (non-hydrogen) atoms. The molecule has 0 unspecified atom stereocenters. The zero-order chi connectivity index (χ0) is 13.1. The molecule has 0 spiro atoms. The molecule has 1 aromatic carbocycles. The topological polar surface area (TPSA) is 56.1 Å². The monoisotopic (exact) mass is 249 g/mol. The van der Waals surface area contributed by atoms with Crippen LogP contribution in [0.3, 0.4) is 0 Å². The Balaban J connectivity index is 2.28. The van der Waals surface area contributed by atoms with Crippen LogP contribution in [-0.4, -0.2) is 22.8 Å². The first-order chi connectivity index (χ1) is 8.61. The van der Waals surface area contributed by atoms with Gasteiger partial charge in [-0.15, -0.1) is 0 Å². The molecule has 1 N–H and O–H groups in total. The Bertz CT molecular complexity index is 580. The number of halogens is 1. The lowest BCUT2D eigenvalue weighted by molar-refractivity contribution is 0.101. The molecule has 1 aromatic heterocycles. The fraction of sp³-hybridized carbons (Fsp3) is 0.167. The number of hydrogen-bond donors (Lipinski definition) is 1. The highest BCUT2D eigenvalue weighted by atomic mass is 19.1. The first-order valence-electron chi connectivity index (χ1n) is 5.25. The zero-order valence-corrected chi connectivity index (χ0v) is 9.98. The van der Waals surface area contributed by atoms with E-state index >= 15 is 0 Å². The van der Waals surface area contributed by atoms with Crippen molar-refractivity contribution in [1.29, 1.82) is 0 Å².